The van der Waals surface area contributed by atoms with Crippen LogP contribution >= 0.6 is 0 Å². The van der Waals surface area contributed by atoms with Crippen LogP contribution in [0.2, 0.25) is 0 Å². The van der Waals surface area contributed by atoms with Crippen molar-refractivity contribution in [3.8, 4) is 0 Å². The molecule has 0 aromatic carbocycles. The number of hydrogen-bond acceptors (Lipinski definition) is 4. The van der Waals surface area contributed by atoms with E-state index in [1.165, 1.54) is 32.1 Å². The predicted molar refractivity (Wildman–Crippen MR) is 74.7 cm³/mol. The molecule has 1 heterocycles. The molecule has 1 saturated carbocycles. The number of nitrogens with zero attached hydrogens (tertiary/aromatic N) is 1. The van der Waals surface area contributed by atoms with Crippen LogP contribution in [0.4, 0.5) is 0 Å². The maximum atomic E-state index is 11.9. The Kier molecular flexibility index (Phi) is 4.84. The molecule has 0 spiro atoms. The van der Waals surface area contributed by atoms with Crippen molar-refractivity contribution in [1.29, 1.82) is 0 Å². The summed E-state index contributed by atoms with van der Waals surface area (Å²) in [5.74, 6) is 0.262. The van der Waals surface area contributed by atoms with Crippen LogP contribution in [-0.2, 0) is 14.6 Å². The van der Waals surface area contributed by atoms with Gasteiger partial charge in [-0.1, -0.05) is 19.3 Å². The summed E-state index contributed by atoms with van der Waals surface area (Å²) in [6.45, 7) is 0.376. The van der Waals surface area contributed by atoms with E-state index >= 15 is 0 Å². The third kappa shape index (κ3) is 4.45. The molecule has 1 atom stereocenters. The van der Waals surface area contributed by atoms with E-state index in [1.807, 2.05) is 7.05 Å². The van der Waals surface area contributed by atoms with Crippen molar-refractivity contribution in [1.82, 2.24) is 10.2 Å². The van der Waals surface area contributed by atoms with Crippen LogP contribution in [0, 0.1) is 0 Å². The van der Waals surface area contributed by atoms with Gasteiger partial charge in [-0.25, -0.2) is 8.42 Å². The molecule has 19 heavy (non-hydrogen) atoms. The summed E-state index contributed by atoms with van der Waals surface area (Å²) in [5, 5.41) is 2.84. The van der Waals surface area contributed by atoms with Crippen molar-refractivity contribution >= 4 is 15.7 Å². The van der Waals surface area contributed by atoms with E-state index in [1.54, 1.807) is 0 Å². The first-order valence-electron chi connectivity index (χ1n) is 7.16. The van der Waals surface area contributed by atoms with Crippen molar-refractivity contribution in [3.63, 3.8) is 0 Å². The lowest BCUT2D eigenvalue weighted by Crippen LogP contribution is -2.44. The number of rotatable bonds is 4. The molecule has 0 bridgehead atoms. The highest BCUT2D eigenvalue weighted by Gasteiger charge is 2.29. The van der Waals surface area contributed by atoms with Gasteiger partial charge in [-0.3, -0.25) is 9.69 Å². The van der Waals surface area contributed by atoms with Crippen molar-refractivity contribution in [2.75, 3.05) is 25.1 Å². The molecule has 6 heteroatoms. The molecule has 0 radical (unpaired) electrons. The SMILES string of the molecule is CN(CC(=O)NC1CCS(=O)(=O)C1)C1CCCCC1. The van der Waals surface area contributed by atoms with Crippen LogP contribution < -0.4 is 5.32 Å². The van der Waals surface area contributed by atoms with Crippen LogP contribution in [0.25, 0.3) is 0 Å². The largest absolute Gasteiger partial charge is 0.351 e. The fourth-order valence-electron chi connectivity index (χ4n) is 3.06. The standard InChI is InChI=1S/C13H24N2O3S/c1-15(12-5-3-2-4-6-12)9-13(16)14-11-7-8-19(17,18)10-11/h11-12H,2-10H2,1H3,(H,14,16). The van der Waals surface area contributed by atoms with Gasteiger partial charge in [0.15, 0.2) is 9.84 Å². The highest BCUT2D eigenvalue weighted by atomic mass is 32.2. The van der Waals surface area contributed by atoms with Gasteiger partial charge in [0.1, 0.15) is 0 Å². The topological polar surface area (TPSA) is 66.5 Å². The van der Waals surface area contributed by atoms with Crippen LogP contribution in [-0.4, -0.2) is 56.4 Å². The Morgan fingerprint density at radius 1 is 1.21 bits per heavy atom. The van der Waals surface area contributed by atoms with Crippen molar-refractivity contribution in [2.24, 2.45) is 0 Å². The first-order chi connectivity index (χ1) is 8.96. The molecule has 0 aromatic heterocycles. The van der Waals surface area contributed by atoms with E-state index in [0.29, 0.717) is 19.0 Å². The van der Waals surface area contributed by atoms with E-state index in [4.69, 9.17) is 0 Å². The highest BCUT2D eigenvalue weighted by Crippen LogP contribution is 2.21. The molecule has 1 aliphatic carbocycles. The zero-order valence-electron chi connectivity index (χ0n) is 11.6. The Morgan fingerprint density at radius 3 is 2.47 bits per heavy atom. The molecule has 0 aromatic rings. The second-order valence-electron chi connectivity index (χ2n) is 5.87. The summed E-state index contributed by atoms with van der Waals surface area (Å²) >= 11 is 0. The van der Waals surface area contributed by atoms with Crippen molar-refractivity contribution in [2.45, 2.75) is 50.6 Å². The number of carbonyl (C=O) groups excluding carboxylic acids is 1. The number of nitrogens with one attached hydrogen (secondary N) is 1. The van der Waals surface area contributed by atoms with E-state index < -0.39 is 9.84 Å². The minimum atomic E-state index is -2.92. The minimum Gasteiger partial charge on any atom is -0.351 e. The average Bonchev–Trinajstić information content (AvgIpc) is 2.69. The molecule has 2 aliphatic rings. The summed E-state index contributed by atoms with van der Waals surface area (Å²) in [6, 6.07) is 0.323. The Bertz CT molecular complexity index is 416. The Balaban J connectivity index is 1.74. The minimum absolute atomic E-state index is 0.0461. The predicted octanol–water partition coefficient (Wildman–Crippen LogP) is 0.554. The molecule has 2 fully saturated rings. The van der Waals surface area contributed by atoms with Gasteiger partial charge in [0, 0.05) is 12.1 Å². The molecule has 1 amide bonds. The number of sulfone groups is 1. The number of amides is 1. The van der Waals surface area contributed by atoms with Gasteiger partial charge in [0.25, 0.3) is 0 Å². The monoisotopic (exact) mass is 288 g/mol. The summed E-state index contributed by atoms with van der Waals surface area (Å²) in [5.41, 5.74) is 0. The summed E-state index contributed by atoms with van der Waals surface area (Å²) in [4.78, 5) is 14.0. The maximum Gasteiger partial charge on any atom is 0.234 e. The van der Waals surface area contributed by atoms with Crippen LogP contribution in [0.15, 0.2) is 0 Å². The average molecular weight is 288 g/mol. The second-order valence-corrected chi connectivity index (χ2v) is 8.10. The molecular weight excluding hydrogens is 264 g/mol. The smallest absolute Gasteiger partial charge is 0.234 e. The second kappa shape index (κ2) is 6.22. The number of hydrogen-bond donors (Lipinski definition) is 1. The third-order valence-electron chi connectivity index (χ3n) is 4.19. The van der Waals surface area contributed by atoms with E-state index in [9.17, 15) is 13.2 Å². The van der Waals surface area contributed by atoms with Gasteiger partial charge in [-0.15, -0.1) is 0 Å². The fraction of sp³-hybridized carbons (Fsp3) is 0.923. The molecule has 1 N–H and O–H groups in total. The zero-order chi connectivity index (χ0) is 13.9. The molecular formula is C13H24N2O3S. The lowest BCUT2D eigenvalue weighted by molar-refractivity contribution is -0.123. The lowest BCUT2D eigenvalue weighted by atomic mass is 9.94. The van der Waals surface area contributed by atoms with Gasteiger partial charge >= 0.3 is 0 Å². The summed E-state index contributed by atoms with van der Waals surface area (Å²) < 4.78 is 22.7. The highest BCUT2D eigenvalue weighted by molar-refractivity contribution is 7.91. The van der Waals surface area contributed by atoms with Crippen LogP contribution in [0.5, 0.6) is 0 Å². The maximum absolute atomic E-state index is 11.9. The quantitative estimate of drug-likeness (QED) is 0.820. The van der Waals surface area contributed by atoms with Crippen LogP contribution in [0.3, 0.4) is 0 Å². The molecule has 1 unspecified atom stereocenters. The summed E-state index contributed by atoms with van der Waals surface area (Å²) in [6.07, 6.45) is 6.69. The number of carbonyl (C=O) groups is 1. The van der Waals surface area contributed by atoms with Crippen molar-refractivity contribution < 1.29 is 13.2 Å². The Hall–Kier alpha value is -0.620. The van der Waals surface area contributed by atoms with E-state index in [0.717, 1.165) is 0 Å². The van der Waals surface area contributed by atoms with Crippen LogP contribution in [0.1, 0.15) is 38.5 Å². The molecule has 1 saturated heterocycles. The first kappa shape index (κ1) is 14.8. The van der Waals surface area contributed by atoms with Crippen molar-refractivity contribution in [3.05, 3.63) is 0 Å². The van der Waals surface area contributed by atoms with Gasteiger partial charge in [-0.2, -0.15) is 0 Å². The van der Waals surface area contributed by atoms with E-state index in [2.05, 4.69) is 10.2 Å². The first-order valence-corrected chi connectivity index (χ1v) is 8.98. The van der Waals surface area contributed by atoms with E-state index in [-0.39, 0.29) is 23.5 Å². The van der Waals surface area contributed by atoms with Gasteiger partial charge in [0.05, 0.1) is 18.1 Å². The molecule has 1 aliphatic heterocycles. The Morgan fingerprint density at radius 2 is 1.89 bits per heavy atom. The van der Waals surface area contributed by atoms with Gasteiger partial charge in [-0.05, 0) is 26.3 Å². The number of likely N-dealkylation sites (N-methyl/N-ethyl adjacent to an activating group) is 1. The normalized spacial score (nSPS) is 27.6. The Labute approximate surface area is 115 Å². The zero-order valence-corrected chi connectivity index (χ0v) is 12.4. The molecule has 110 valence electrons. The lowest BCUT2D eigenvalue weighted by Gasteiger charge is -2.30. The van der Waals surface area contributed by atoms with Gasteiger partial charge in [0.2, 0.25) is 5.91 Å². The fourth-order valence-corrected chi connectivity index (χ4v) is 4.73. The van der Waals surface area contributed by atoms with Gasteiger partial charge < -0.3 is 5.32 Å². The molecule has 5 nitrogen and oxygen atoms in total. The molecule has 2 rings (SSSR count). The third-order valence-corrected chi connectivity index (χ3v) is 5.96. The summed E-state index contributed by atoms with van der Waals surface area (Å²) in [7, 11) is -0.931.